The molecule has 4 aromatic rings. The number of rotatable bonds is 7. The molecule has 3 aromatic carbocycles. The van der Waals surface area contributed by atoms with Gasteiger partial charge >= 0.3 is 11.6 Å². The van der Waals surface area contributed by atoms with Crippen LogP contribution in [-0.2, 0) is 16.1 Å². The Morgan fingerprint density at radius 1 is 0.903 bits per heavy atom. The van der Waals surface area contributed by atoms with Crippen LogP contribution in [-0.4, -0.2) is 12.6 Å². The van der Waals surface area contributed by atoms with Crippen molar-refractivity contribution < 1.29 is 23.4 Å². The fraction of sp³-hybridized carbons (Fsp3) is 0.120. The number of aryl methyl sites for hydroxylation is 1. The maximum absolute atomic E-state index is 12.2. The van der Waals surface area contributed by atoms with Crippen molar-refractivity contribution in [2.75, 3.05) is 6.61 Å². The molecular weight excluding hydrogens is 396 g/mol. The minimum absolute atomic E-state index is 0.0526. The van der Waals surface area contributed by atoms with E-state index in [2.05, 4.69) is 0 Å². The molecule has 156 valence electrons. The van der Waals surface area contributed by atoms with Gasteiger partial charge in [-0.25, -0.2) is 9.59 Å². The van der Waals surface area contributed by atoms with Crippen LogP contribution >= 0.6 is 0 Å². The van der Waals surface area contributed by atoms with Gasteiger partial charge in [-0.1, -0.05) is 36.4 Å². The Morgan fingerprint density at radius 3 is 2.52 bits per heavy atom. The number of ether oxygens (including phenoxy) is 3. The van der Waals surface area contributed by atoms with Crippen LogP contribution in [0.15, 0.2) is 88.1 Å². The van der Waals surface area contributed by atoms with Gasteiger partial charge in [0, 0.05) is 23.1 Å². The lowest BCUT2D eigenvalue weighted by atomic mass is 10.1. The first-order chi connectivity index (χ1) is 15.1. The number of fused-ring (bicyclic) bond motifs is 1. The average molecular weight is 416 g/mol. The van der Waals surface area contributed by atoms with Gasteiger partial charge in [0.2, 0.25) is 0 Å². The zero-order valence-corrected chi connectivity index (χ0v) is 16.9. The zero-order chi connectivity index (χ0) is 21.6. The van der Waals surface area contributed by atoms with E-state index < -0.39 is 11.6 Å². The van der Waals surface area contributed by atoms with Crippen LogP contribution in [0.3, 0.4) is 0 Å². The molecule has 6 nitrogen and oxygen atoms in total. The standard InChI is InChI=1S/C25H20O6/c1-17-13-24(26)31-23-14-20(11-12-21(17)23)28-16-25(27)29-15-18-7-5-6-10-22(18)30-19-8-3-2-4-9-19/h2-14H,15-16H2,1H3. The second-order valence-corrected chi connectivity index (χ2v) is 6.88. The smallest absolute Gasteiger partial charge is 0.344 e. The molecule has 0 aliphatic carbocycles. The number of carbonyl (C=O) groups excluding carboxylic acids is 1. The highest BCUT2D eigenvalue weighted by molar-refractivity contribution is 5.81. The first kappa shape index (κ1) is 20.2. The van der Waals surface area contributed by atoms with E-state index >= 15 is 0 Å². The van der Waals surface area contributed by atoms with E-state index in [0.29, 0.717) is 22.8 Å². The van der Waals surface area contributed by atoms with Gasteiger partial charge in [0.25, 0.3) is 0 Å². The largest absolute Gasteiger partial charge is 0.482 e. The number of esters is 1. The molecule has 0 aliphatic rings. The molecule has 0 radical (unpaired) electrons. The quantitative estimate of drug-likeness (QED) is 0.311. The second-order valence-electron chi connectivity index (χ2n) is 6.88. The molecule has 6 heteroatoms. The highest BCUT2D eigenvalue weighted by Gasteiger charge is 2.10. The predicted molar refractivity (Wildman–Crippen MR) is 115 cm³/mol. The van der Waals surface area contributed by atoms with Gasteiger partial charge in [0.05, 0.1) is 0 Å². The van der Waals surface area contributed by atoms with E-state index in [1.54, 1.807) is 18.2 Å². The Labute approximate surface area is 178 Å². The maximum atomic E-state index is 12.2. The van der Waals surface area contributed by atoms with E-state index in [4.69, 9.17) is 18.6 Å². The van der Waals surface area contributed by atoms with E-state index in [-0.39, 0.29) is 13.2 Å². The molecule has 0 amide bonds. The summed E-state index contributed by atoms with van der Waals surface area (Å²) >= 11 is 0. The molecule has 0 bridgehead atoms. The third kappa shape index (κ3) is 5.11. The van der Waals surface area contributed by atoms with Crippen LogP contribution in [0.2, 0.25) is 0 Å². The van der Waals surface area contributed by atoms with Crippen molar-refractivity contribution in [1.82, 2.24) is 0 Å². The van der Waals surface area contributed by atoms with Crippen LogP contribution in [0, 0.1) is 6.92 Å². The minimum atomic E-state index is -0.527. The molecular formula is C25H20O6. The molecule has 0 saturated carbocycles. The van der Waals surface area contributed by atoms with Gasteiger partial charge in [0.1, 0.15) is 29.4 Å². The summed E-state index contributed by atoms with van der Waals surface area (Å²) in [4.78, 5) is 23.7. The van der Waals surface area contributed by atoms with Crippen molar-refractivity contribution in [2.45, 2.75) is 13.5 Å². The van der Waals surface area contributed by atoms with Gasteiger partial charge in [-0.05, 0) is 42.8 Å². The second kappa shape index (κ2) is 9.17. The van der Waals surface area contributed by atoms with Crippen molar-refractivity contribution >= 4 is 16.9 Å². The Balaban J connectivity index is 1.36. The summed E-state index contributed by atoms with van der Waals surface area (Å²) in [6.45, 7) is 1.61. The Hall–Kier alpha value is -4.06. The molecule has 0 N–H and O–H groups in total. The van der Waals surface area contributed by atoms with Gasteiger partial charge in [-0.2, -0.15) is 0 Å². The molecule has 0 saturated heterocycles. The molecule has 0 unspecified atom stereocenters. The summed E-state index contributed by atoms with van der Waals surface area (Å²) in [5.41, 5.74) is 1.53. The third-order valence-corrected chi connectivity index (χ3v) is 4.61. The molecule has 1 heterocycles. The van der Waals surface area contributed by atoms with Gasteiger partial charge in [0.15, 0.2) is 6.61 Å². The van der Waals surface area contributed by atoms with Crippen LogP contribution < -0.4 is 15.1 Å². The maximum Gasteiger partial charge on any atom is 0.344 e. The van der Waals surface area contributed by atoms with Gasteiger partial charge < -0.3 is 18.6 Å². The molecule has 4 rings (SSSR count). The number of carbonyl (C=O) groups is 1. The molecule has 1 aromatic heterocycles. The summed E-state index contributed by atoms with van der Waals surface area (Å²) in [5, 5.41) is 0.810. The molecule has 0 aliphatic heterocycles. The molecule has 0 atom stereocenters. The van der Waals surface area contributed by atoms with Gasteiger partial charge in [-0.3, -0.25) is 0 Å². The SMILES string of the molecule is Cc1cc(=O)oc2cc(OCC(=O)OCc3ccccc3Oc3ccccc3)ccc12. The van der Waals surface area contributed by atoms with Crippen LogP contribution in [0.5, 0.6) is 17.2 Å². The Morgan fingerprint density at radius 2 is 1.68 bits per heavy atom. The third-order valence-electron chi connectivity index (χ3n) is 4.61. The van der Waals surface area contributed by atoms with Crippen molar-refractivity contribution in [3.8, 4) is 17.2 Å². The van der Waals surface area contributed by atoms with E-state index in [9.17, 15) is 9.59 Å². The summed E-state index contributed by atoms with van der Waals surface area (Å²) in [5.74, 6) is 1.19. The van der Waals surface area contributed by atoms with E-state index in [0.717, 1.165) is 16.5 Å². The summed E-state index contributed by atoms with van der Waals surface area (Å²) in [7, 11) is 0. The van der Waals surface area contributed by atoms with E-state index in [1.165, 1.54) is 6.07 Å². The normalized spacial score (nSPS) is 10.6. The molecule has 0 fully saturated rings. The van der Waals surface area contributed by atoms with Crippen molar-refractivity contribution in [3.05, 3.63) is 100 Å². The lowest BCUT2D eigenvalue weighted by Crippen LogP contribution is -2.15. The summed E-state index contributed by atoms with van der Waals surface area (Å²) in [6.07, 6.45) is 0. The Bertz CT molecular complexity index is 1260. The first-order valence-corrected chi connectivity index (χ1v) is 9.72. The first-order valence-electron chi connectivity index (χ1n) is 9.72. The predicted octanol–water partition coefficient (Wildman–Crippen LogP) is 5.02. The fourth-order valence-corrected chi connectivity index (χ4v) is 3.08. The Kier molecular flexibility index (Phi) is 5.98. The number of hydrogen-bond acceptors (Lipinski definition) is 6. The summed E-state index contributed by atoms with van der Waals surface area (Å²) in [6, 6.07) is 23.2. The lowest BCUT2D eigenvalue weighted by molar-refractivity contribution is -0.147. The van der Waals surface area contributed by atoms with Gasteiger partial charge in [-0.15, -0.1) is 0 Å². The highest BCUT2D eigenvalue weighted by Crippen LogP contribution is 2.26. The lowest BCUT2D eigenvalue weighted by Gasteiger charge is -2.12. The zero-order valence-electron chi connectivity index (χ0n) is 16.9. The van der Waals surface area contributed by atoms with Crippen molar-refractivity contribution in [3.63, 3.8) is 0 Å². The number of hydrogen-bond donors (Lipinski definition) is 0. The highest BCUT2D eigenvalue weighted by atomic mass is 16.6. The molecule has 31 heavy (non-hydrogen) atoms. The topological polar surface area (TPSA) is 75.0 Å². The van der Waals surface area contributed by atoms with Crippen molar-refractivity contribution in [1.29, 1.82) is 0 Å². The van der Waals surface area contributed by atoms with Crippen molar-refractivity contribution in [2.24, 2.45) is 0 Å². The minimum Gasteiger partial charge on any atom is -0.482 e. The summed E-state index contributed by atoms with van der Waals surface area (Å²) < 4.78 is 21.9. The van der Waals surface area contributed by atoms with Crippen LogP contribution in [0.25, 0.3) is 11.0 Å². The monoisotopic (exact) mass is 416 g/mol. The van der Waals surface area contributed by atoms with Crippen LogP contribution in [0.1, 0.15) is 11.1 Å². The molecule has 0 spiro atoms. The average Bonchev–Trinajstić information content (AvgIpc) is 2.77. The number of benzene rings is 3. The fourth-order valence-electron chi connectivity index (χ4n) is 3.08. The number of para-hydroxylation sites is 2. The van der Waals surface area contributed by atoms with Crippen LogP contribution in [0.4, 0.5) is 0 Å². The van der Waals surface area contributed by atoms with E-state index in [1.807, 2.05) is 61.5 Å².